The molecule has 104 valence electrons. The molecule has 1 aromatic carbocycles. The number of amides is 1. The maximum atomic E-state index is 12.1. The molecular weight excluding hydrogens is 312 g/mol. The van der Waals surface area contributed by atoms with E-state index in [1.807, 2.05) is 13.8 Å². The van der Waals surface area contributed by atoms with Gasteiger partial charge in [-0.15, -0.1) is 0 Å². The SMILES string of the molecule is CC(C)C(CC(=O)O)NC(=O)c1ccc(Br)cc1N. The van der Waals surface area contributed by atoms with E-state index in [0.717, 1.165) is 4.47 Å². The quantitative estimate of drug-likeness (QED) is 0.723. The number of nitrogens with one attached hydrogen (secondary N) is 1. The number of aliphatic carboxylic acids is 1. The summed E-state index contributed by atoms with van der Waals surface area (Å²) < 4.78 is 0.785. The number of hydrogen-bond donors (Lipinski definition) is 3. The van der Waals surface area contributed by atoms with E-state index in [1.54, 1.807) is 18.2 Å². The van der Waals surface area contributed by atoms with Gasteiger partial charge in [0.15, 0.2) is 0 Å². The van der Waals surface area contributed by atoms with Gasteiger partial charge in [0.1, 0.15) is 0 Å². The van der Waals surface area contributed by atoms with Crippen LogP contribution in [0.5, 0.6) is 0 Å². The molecule has 6 heteroatoms. The van der Waals surface area contributed by atoms with Crippen LogP contribution in [0.25, 0.3) is 0 Å². The van der Waals surface area contributed by atoms with E-state index in [4.69, 9.17) is 10.8 Å². The maximum Gasteiger partial charge on any atom is 0.305 e. The smallest absolute Gasteiger partial charge is 0.305 e. The lowest BCUT2D eigenvalue weighted by atomic mass is 10.0. The van der Waals surface area contributed by atoms with Crippen molar-refractivity contribution >= 4 is 33.5 Å². The molecule has 0 heterocycles. The van der Waals surface area contributed by atoms with E-state index in [-0.39, 0.29) is 18.2 Å². The largest absolute Gasteiger partial charge is 0.481 e. The predicted octanol–water partition coefficient (Wildman–Crippen LogP) is 2.26. The highest BCUT2D eigenvalue weighted by Crippen LogP contribution is 2.19. The highest BCUT2D eigenvalue weighted by Gasteiger charge is 2.21. The molecule has 4 N–H and O–H groups in total. The molecule has 1 unspecified atom stereocenters. The average Bonchev–Trinajstić information content (AvgIpc) is 2.26. The average molecular weight is 329 g/mol. The number of carboxylic acids is 1. The van der Waals surface area contributed by atoms with Crippen LogP contribution in [0, 0.1) is 5.92 Å². The van der Waals surface area contributed by atoms with Gasteiger partial charge in [-0.25, -0.2) is 0 Å². The number of rotatable bonds is 5. The minimum atomic E-state index is -0.942. The third kappa shape index (κ3) is 4.55. The fourth-order valence-corrected chi connectivity index (χ4v) is 2.01. The summed E-state index contributed by atoms with van der Waals surface area (Å²) in [5.74, 6) is -1.27. The van der Waals surface area contributed by atoms with Gasteiger partial charge in [-0.2, -0.15) is 0 Å². The molecule has 0 bridgehead atoms. The summed E-state index contributed by atoms with van der Waals surface area (Å²) in [5, 5.41) is 11.5. The summed E-state index contributed by atoms with van der Waals surface area (Å²) in [7, 11) is 0. The van der Waals surface area contributed by atoms with Gasteiger partial charge < -0.3 is 16.2 Å². The van der Waals surface area contributed by atoms with Crippen LogP contribution < -0.4 is 11.1 Å². The fraction of sp³-hybridized carbons (Fsp3) is 0.385. The molecule has 1 amide bonds. The number of hydrogen-bond acceptors (Lipinski definition) is 3. The number of nitrogen functional groups attached to an aromatic ring is 1. The molecule has 0 spiro atoms. The minimum absolute atomic E-state index is 0.0247. The zero-order valence-electron chi connectivity index (χ0n) is 10.8. The van der Waals surface area contributed by atoms with Gasteiger partial charge in [-0.1, -0.05) is 29.8 Å². The maximum absolute atomic E-state index is 12.1. The van der Waals surface area contributed by atoms with Crippen molar-refractivity contribution < 1.29 is 14.7 Å². The Labute approximate surface area is 120 Å². The van der Waals surface area contributed by atoms with Crippen molar-refractivity contribution in [3.63, 3.8) is 0 Å². The van der Waals surface area contributed by atoms with E-state index >= 15 is 0 Å². The second kappa shape index (κ2) is 6.56. The van der Waals surface area contributed by atoms with Gasteiger partial charge in [0.05, 0.1) is 12.0 Å². The molecule has 0 aromatic heterocycles. The zero-order chi connectivity index (χ0) is 14.6. The molecule has 0 fully saturated rings. The second-order valence-corrected chi connectivity index (χ2v) is 5.57. The summed E-state index contributed by atoms with van der Waals surface area (Å²) in [6.07, 6.45) is -0.111. The Kier molecular flexibility index (Phi) is 5.35. The van der Waals surface area contributed by atoms with Crippen LogP contribution in [-0.2, 0) is 4.79 Å². The summed E-state index contributed by atoms with van der Waals surface area (Å²) >= 11 is 3.26. The summed E-state index contributed by atoms with van der Waals surface area (Å²) in [4.78, 5) is 22.8. The second-order valence-electron chi connectivity index (χ2n) is 4.65. The number of carboxylic acid groups (broad SMARTS) is 1. The molecule has 0 aliphatic rings. The van der Waals surface area contributed by atoms with Crippen LogP contribution in [0.15, 0.2) is 22.7 Å². The molecule has 1 aromatic rings. The Balaban J connectivity index is 2.84. The first-order valence-corrected chi connectivity index (χ1v) is 6.68. The first kappa shape index (κ1) is 15.5. The highest BCUT2D eigenvalue weighted by molar-refractivity contribution is 9.10. The van der Waals surface area contributed by atoms with Gasteiger partial charge >= 0.3 is 5.97 Å². The number of carbonyl (C=O) groups excluding carboxylic acids is 1. The molecule has 0 radical (unpaired) electrons. The Morgan fingerprint density at radius 3 is 2.53 bits per heavy atom. The van der Waals surface area contributed by atoms with Crippen LogP contribution in [0.1, 0.15) is 30.6 Å². The lowest BCUT2D eigenvalue weighted by Gasteiger charge is -2.21. The normalized spacial score (nSPS) is 12.2. The third-order valence-electron chi connectivity index (χ3n) is 2.77. The number of benzene rings is 1. The first-order valence-electron chi connectivity index (χ1n) is 5.89. The number of anilines is 1. The molecule has 0 aliphatic carbocycles. The lowest BCUT2D eigenvalue weighted by molar-refractivity contribution is -0.137. The van der Waals surface area contributed by atoms with Crippen molar-refractivity contribution in [1.82, 2.24) is 5.32 Å². The Morgan fingerprint density at radius 2 is 2.05 bits per heavy atom. The van der Waals surface area contributed by atoms with Crippen LogP contribution in [0.3, 0.4) is 0 Å². The lowest BCUT2D eigenvalue weighted by Crippen LogP contribution is -2.40. The van der Waals surface area contributed by atoms with Crippen LogP contribution in [-0.4, -0.2) is 23.0 Å². The van der Waals surface area contributed by atoms with Crippen molar-refractivity contribution in [2.45, 2.75) is 26.3 Å². The molecule has 5 nitrogen and oxygen atoms in total. The third-order valence-corrected chi connectivity index (χ3v) is 3.27. The Morgan fingerprint density at radius 1 is 1.42 bits per heavy atom. The molecule has 1 atom stereocenters. The zero-order valence-corrected chi connectivity index (χ0v) is 12.4. The topological polar surface area (TPSA) is 92.4 Å². The van der Waals surface area contributed by atoms with E-state index in [0.29, 0.717) is 11.3 Å². The molecule has 19 heavy (non-hydrogen) atoms. The van der Waals surface area contributed by atoms with Crippen LogP contribution in [0.4, 0.5) is 5.69 Å². The number of halogens is 1. The van der Waals surface area contributed by atoms with Gasteiger partial charge in [0.25, 0.3) is 5.91 Å². The molecule has 0 saturated carbocycles. The Hall–Kier alpha value is -1.56. The van der Waals surface area contributed by atoms with Gasteiger partial charge in [0.2, 0.25) is 0 Å². The molecular formula is C13H17BrN2O3. The monoisotopic (exact) mass is 328 g/mol. The van der Waals surface area contributed by atoms with Crippen LogP contribution >= 0.6 is 15.9 Å². The summed E-state index contributed by atoms with van der Waals surface area (Å²) in [5.41, 5.74) is 6.47. The molecule has 1 rings (SSSR count). The van der Waals surface area contributed by atoms with Crippen molar-refractivity contribution in [2.24, 2.45) is 5.92 Å². The Bertz CT molecular complexity index is 489. The van der Waals surface area contributed by atoms with Gasteiger partial charge in [-0.3, -0.25) is 9.59 Å². The van der Waals surface area contributed by atoms with Gasteiger partial charge in [0, 0.05) is 16.2 Å². The van der Waals surface area contributed by atoms with Crippen molar-refractivity contribution in [3.05, 3.63) is 28.2 Å². The van der Waals surface area contributed by atoms with Crippen molar-refractivity contribution in [2.75, 3.05) is 5.73 Å². The predicted molar refractivity (Wildman–Crippen MR) is 76.9 cm³/mol. The van der Waals surface area contributed by atoms with E-state index in [2.05, 4.69) is 21.2 Å². The molecule has 0 saturated heterocycles. The first-order chi connectivity index (χ1) is 8.81. The van der Waals surface area contributed by atoms with Gasteiger partial charge in [-0.05, 0) is 24.1 Å². The summed E-state index contributed by atoms with van der Waals surface area (Å²) in [6, 6.07) is 4.53. The van der Waals surface area contributed by atoms with Crippen LogP contribution in [0.2, 0.25) is 0 Å². The molecule has 0 aliphatic heterocycles. The van der Waals surface area contributed by atoms with E-state index < -0.39 is 12.0 Å². The fourth-order valence-electron chi connectivity index (χ4n) is 1.63. The van der Waals surface area contributed by atoms with E-state index in [9.17, 15) is 9.59 Å². The summed E-state index contributed by atoms with van der Waals surface area (Å²) in [6.45, 7) is 3.72. The number of carbonyl (C=O) groups is 2. The number of nitrogens with two attached hydrogens (primary N) is 1. The highest BCUT2D eigenvalue weighted by atomic mass is 79.9. The minimum Gasteiger partial charge on any atom is -0.481 e. The van der Waals surface area contributed by atoms with Crippen molar-refractivity contribution in [3.8, 4) is 0 Å². The van der Waals surface area contributed by atoms with E-state index in [1.165, 1.54) is 0 Å². The standard InChI is InChI=1S/C13H17BrN2O3/c1-7(2)11(6-12(17)18)16-13(19)9-4-3-8(14)5-10(9)15/h3-5,7,11H,6,15H2,1-2H3,(H,16,19)(H,17,18). The van der Waals surface area contributed by atoms with Crippen molar-refractivity contribution in [1.29, 1.82) is 0 Å².